The van der Waals surface area contributed by atoms with Gasteiger partial charge in [-0.1, -0.05) is 47.0 Å². The summed E-state index contributed by atoms with van der Waals surface area (Å²) in [5.74, 6) is -0.259. The van der Waals surface area contributed by atoms with Crippen molar-refractivity contribution in [2.45, 2.75) is 66.7 Å². The summed E-state index contributed by atoms with van der Waals surface area (Å²) in [5, 5.41) is 0. The minimum atomic E-state index is -0.429. The second kappa shape index (κ2) is 6.82. The molecule has 0 aliphatic rings. The summed E-state index contributed by atoms with van der Waals surface area (Å²) in [6, 6.07) is 0. The maximum absolute atomic E-state index is 11.9. The van der Waals surface area contributed by atoms with Crippen LogP contribution in [0.25, 0.3) is 0 Å². The first-order valence-corrected chi connectivity index (χ1v) is 6.37. The quantitative estimate of drug-likeness (QED) is 0.489. The summed E-state index contributed by atoms with van der Waals surface area (Å²) in [4.78, 5) is 23.6. The minimum Gasteiger partial charge on any atom is -0.299 e. The van der Waals surface area contributed by atoms with Gasteiger partial charge in [0.2, 0.25) is 0 Å². The van der Waals surface area contributed by atoms with Gasteiger partial charge in [-0.2, -0.15) is 0 Å². The number of Topliss-reactive ketones (excluding diaryl/α,β-unsaturated/α-hetero) is 2. The highest BCUT2D eigenvalue weighted by molar-refractivity contribution is 6.04. The Morgan fingerprint density at radius 3 is 2.06 bits per heavy atom. The van der Waals surface area contributed by atoms with Crippen LogP contribution >= 0.6 is 0 Å². The van der Waals surface area contributed by atoms with Gasteiger partial charge in [0.05, 0.1) is 5.92 Å². The lowest BCUT2D eigenvalue weighted by Crippen LogP contribution is -2.31. The third kappa shape index (κ3) is 5.43. The molecule has 0 bridgehead atoms. The first kappa shape index (κ1) is 15.3. The molecule has 0 aromatic carbocycles. The van der Waals surface area contributed by atoms with Crippen molar-refractivity contribution in [3.63, 3.8) is 0 Å². The molecule has 0 fully saturated rings. The molecular weight excluding hydrogens is 200 g/mol. The summed E-state index contributed by atoms with van der Waals surface area (Å²) in [6.45, 7) is 9.51. The number of rotatable bonds is 7. The van der Waals surface area contributed by atoms with E-state index < -0.39 is 11.3 Å². The van der Waals surface area contributed by atoms with Crippen molar-refractivity contribution in [2.24, 2.45) is 11.3 Å². The van der Waals surface area contributed by atoms with E-state index in [1.807, 2.05) is 20.8 Å². The molecule has 16 heavy (non-hydrogen) atoms. The average Bonchev–Trinajstić information content (AvgIpc) is 2.20. The monoisotopic (exact) mass is 226 g/mol. The largest absolute Gasteiger partial charge is 0.299 e. The Hall–Kier alpha value is -0.660. The van der Waals surface area contributed by atoms with Gasteiger partial charge >= 0.3 is 0 Å². The molecule has 0 spiro atoms. The lowest BCUT2D eigenvalue weighted by molar-refractivity contribution is -0.137. The van der Waals surface area contributed by atoms with Gasteiger partial charge < -0.3 is 0 Å². The van der Waals surface area contributed by atoms with Crippen molar-refractivity contribution < 1.29 is 9.59 Å². The normalized spacial score (nSPS) is 13.6. The molecule has 0 N–H and O–H groups in total. The Bertz CT molecular complexity index is 236. The van der Waals surface area contributed by atoms with Gasteiger partial charge in [-0.3, -0.25) is 9.59 Å². The minimum absolute atomic E-state index is 0.0630. The van der Waals surface area contributed by atoms with Crippen LogP contribution in [0.15, 0.2) is 0 Å². The lowest BCUT2D eigenvalue weighted by atomic mass is 9.81. The number of unbranched alkanes of at least 4 members (excludes halogenated alkanes) is 3. The summed E-state index contributed by atoms with van der Waals surface area (Å²) >= 11 is 0. The molecular formula is C14H26O2. The standard InChI is InChI=1S/C14H26O2/c1-6-7-8-9-10-12(15)11(2)13(16)14(3,4)5/h11H,6-10H2,1-5H3. The molecule has 0 rings (SSSR count). The Morgan fingerprint density at radius 2 is 1.62 bits per heavy atom. The van der Waals surface area contributed by atoms with Crippen molar-refractivity contribution in [2.75, 3.05) is 0 Å². The number of ketones is 2. The fourth-order valence-corrected chi connectivity index (χ4v) is 1.74. The zero-order chi connectivity index (χ0) is 12.8. The Balaban J connectivity index is 4.04. The Morgan fingerprint density at radius 1 is 1.06 bits per heavy atom. The van der Waals surface area contributed by atoms with E-state index in [2.05, 4.69) is 6.92 Å². The van der Waals surface area contributed by atoms with E-state index in [4.69, 9.17) is 0 Å². The third-order valence-corrected chi connectivity index (χ3v) is 2.89. The fraction of sp³-hybridized carbons (Fsp3) is 0.857. The van der Waals surface area contributed by atoms with Crippen LogP contribution in [0.3, 0.4) is 0 Å². The molecule has 0 aliphatic carbocycles. The van der Waals surface area contributed by atoms with Crippen molar-refractivity contribution in [3.8, 4) is 0 Å². The number of carbonyl (C=O) groups is 2. The van der Waals surface area contributed by atoms with Crippen LogP contribution in [0.1, 0.15) is 66.7 Å². The van der Waals surface area contributed by atoms with Crippen molar-refractivity contribution in [1.29, 1.82) is 0 Å². The van der Waals surface area contributed by atoms with Gasteiger partial charge in [0.15, 0.2) is 0 Å². The average molecular weight is 226 g/mol. The molecule has 2 nitrogen and oxygen atoms in total. The molecule has 1 unspecified atom stereocenters. The first-order chi connectivity index (χ1) is 7.30. The molecule has 0 heterocycles. The lowest BCUT2D eigenvalue weighted by Gasteiger charge is -2.20. The number of carbonyl (C=O) groups excluding carboxylic acids is 2. The number of hydrogen-bond acceptors (Lipinski definition) is 2. The van der Waals surface area contributed by atoms with Crippen molar-refractivity contribution in [1.82, 2.24) is 0 Å². The molecule has 0 amide bonds. The highest BCUT2D eigenvalue weighted by atomic mass is 16.2. The first-order valence-electron chi connectivity index (χ1n) is 6.37. The molecule has 0 radical (unpaired) electrons. The van der Waals surface area contributed by atoms with Crippen LogP contribution in [0, 0.1) is 11.3 Å². The zero-order valence-electron chi connectivity index (χ0n) is 11.4. The zero-order valence-corrected chi connectivity index (χ0v) is 11.4. The van der Waals surface area contributed by atoms with Crippen LogP contribution in [-0.4, -0.2) is 11.6 Å². The predicted octanol–water partition coefficient (Wildman–Crippen LogP) is 3.78. The van der Waals surface area contributed by atoms with Gasteiger partial charge in [0, 0.05) is 11.8 Å². The Kier molecular flexibility index (Phi) is 6.54. The smallest absolute Gasteiger partial charge is 0.148 e. The van der Waals surface area contributed by atoms with E-state index in [1.165, 1.54) is 12.8 Å². The molecule has 0 aromatic heterocycles. The molecule has 1 atom stereocenters. The van der Waals surface area contributed by atoms with Crippen molar-refractivity contribution in [3.05, 3.63) is 0 Å². The van der Waals surface area contributed by atoms with E-state index in [0.717, 1.165) is 12.8 Å². The SMILES string of the molecule is CCCCCCC(=O)C(C)C(=O)C(C)(C)C. The summed E-state index contributed by atoms with van der Waals surface area (Å²) < 4.78 is 0. The molecule has 0 aromatic rings. The van der Waals surface area contributed by atoms with Gasteiger partial charge in [-0.15, -0.1) is 0 Å². The Labute approximate surface area is 99.8 Å². The fourth-order valence-electron chi connectivity index (χ4n) is 1.74. The highest BCUT2D eigenvalue weighted by Gasteiger charge is 2.30. The van der Waals surface area contributed by atoms with E-state index in [-0.39, 0.29) is 11.6 Å². The maximum Gasteiger partial charge on any atom is 0.148 e. The second-order valence-corrected chi connectivity index (χ2v) is 5.61. The van der Waals surface area contributed by atoms with Crippen molar-refractivity contribution >= 4 is 11.6 Å². The van der Waals surface area contributed by atoms with Gasteiger partial charge in [-0.05, 0) is 13.3 Å². The highest BCUT2D eigenvalue weighted by Crippen LogP contribution is 2.21. The van der Waals surface area contributed by atoms with E-state index in [0.29, 0.717) is 6.42 Å². The summed E-state index contributed by atoms with van der Waals surface area (Å²) in [5.41, 5.74) is -0.404. The molecule has 0 saturated heterocycles. The van der Waals surface area contributed by atoms with E-state index in [1.54, 1.807) is 6.92 Å². The maximum atomic E-state index is 11.9. The predicted molar refractivity (Wildman–Crippen MR) is 67.4 cm³/mol. The van der Waals surface area contributed by atoms with Gasteiger partial charge in [-0.25, -0.2) is 0 Å². The van der Waals surface area contributed by atoms with Gasteiger partial charge in [0.25, 0.3) is 0 Å². The van der Waals surface area contributed by atoms with Crippen LogP contribution in [0.2, 0.25) is 0 Å². The van der Waals surface area contributed by atoms with Crippen LogP contribution < -0.4 is 0 Å². The summed E-state index contributed by atoms with van der Waals surface area (Å²) in [7, 11) is 0. The van der Waals surface area contributed by atoms with Crippen LogP contribution in [0.4, 0.5) is 0 Å². The van der Waals surface area contributed by atoms with E-state index in [9.17, 15) is 9.59 Å². The molecule has 0 aliphatic heterocycles. The molecule has 94 valence electrons. The van der Waals surface area contributed by atoms with Crippen LogP contribution in [-0.2, 0) is 9.59 Å². The van der Waals surface area contributed by atoms with Crippen LogP contribution in [0.5, 0.6) is 0 Å². The topological polar surface area (TPSA) is 34.1 Å². The molecule has 2 heteroatoms. The second-order valence-electron chi connectivity index (χ2n) is 5.61. The van der Waals surface area contributed by atoms with Gasteiger partial charge in [0.1, 0.15) is 11.6 Å². The molecule has 0 saturated carbocycles. The van der Waals surface area contributed by atoms with E-state index >= 15 is 0 Å². The number of hydrogen-bond donors (Lipinski definition) is 0. The third-order valence-electron chi connectivity index (χ3n) is 2.89. The summed E-state index contributed by atoms with van der Waals surface area (Å²) in [6.07, 6.45) is 4.93.